The summed E-state index contributed by atoms with van der Waals surface area (Å²) in [6.07, 6.45) is -4.02. The van der Waals surface area contributed by atoms with E-state index in [1.165, 1.54) is 0 Å². The van der Waals surface area contributed by atoms with E-state index in [2.05, 4.69) is 4.98 Å². The standard InChI is InChI=1S/C8H5Cl2F5N2.ClH/c9-3-1-17-2-4(10)5(3)6(16)7(11,12)8(13,14)15;/h1-2,6H,16H2;1H/t6-;/m0./s1. The van der Waals surface area contributed by atoms with E-state index in [0.29, 0.717) is 0 Å². The topological polar surface area (TPSA) is 38.9 Å². The van der Waals surface area contributed by atoms with Crippen LogP contribution in [0.4, 0.5) is 22.0 Å². The van der Waals surface area contributed by atoms with Gasteiger partial charge in [0.25, 0.3) is 0 Å². The van der Waals surface area contributed by atoms with E-state index in [-0.39, 0.29) is 12.4 Å². The van der Waals surface area contributed by atoms with E-state index in [1.54, 1.807) is 0 Å². The molecule has 0 spiro atoms. The molecule has 0 fully saturated rings. The highest BCUT2D eigenvalue weighted by Gasteiger charge is 2.62. The molecule has 1 aromatic heterocycles. The minimum Gasteiger partial charge on any atom is -0.319 e. The smallest absolute Gasteiger partial charge is 0.319 e. The van der Waals surface area contributed by atoms with Crippen molar-refractivity contribution >= 4 is 35.6 Å². The van der Waals surface area contributed by atoms with Gasteiger partial charge in [-0.3, -0.25) is 4.98 Å². The quantitative estimate of drug-likeness (QED) is 0.832. The third-order valence-electron chi connectivity index (χ3n) is 1.97. The molecule has 0 aliphatic rings. The van der Waals surface area contributed by atoms with Crippen LogP contribution in [0.15, 0.2) is 12.4 Å². The fraction of sp³-hybridized carbons (Fsp3) is 0.375. The van der Waals surface area contributed by atoms with E-state index in [4.69, 9.17) is 28.9 Å². The van der Waals surface area contributed by atoms with Crippen LogP contribution in [0.5, 0.6) is 0 Å². The number of halogens is 8. The lowest BCUT2D eigenvalue weighted by molar-refractivity contribution is -0.290. The summed E-state index contributed by atoms with van der Waals surface area (Å²) < 4.78 is 62.3. The molecule has 0 saturated heterocycles. The molecule has 2 N–H and O–H groups in total. The summed E-state index contributed by atoms with van der Waals surface area (Å²) in [4.78, 5) is 3.43. The highest BCUT2D eigenvalue weighted by molar-refractivity contribution is 6.35. The lowest BCUT2D eigenvalue weighted by atomic mass is 10.0. The third kappa shape index (κ3) is 3.14. The van der Waals surface area contributed by atoms with E-state index in [9.17, 15) is 22.0 Å². The van der Waals surface area contributed by atoms with E-state index in [0.717, 1.165) is 12.4 Å². The first-order valence-electron chi connectivity index (χ1n) is 4.08. The second kappa shape index (κ2) is 5.73. The molecule has 0 bridgehead atoms. The molecule has 0 saturated carbocycles. The highest BCUT2D eigenvalue weighted by Crippen LogP contribution is 2.45. The van der Waals surface area contributed by atoms with Gasteiger partial charge in [0.15, 0.2) is 0 Å². The van der Waals surface area contributed by atoms with Crippen LogP contribution >= 0.6 is 35.6 Å². The molecule has 1 aromatic rings. The fourth-order valence-electron chi connectivity index (χ4n) is 1.08. The van der Waals surface area contributed by atoms with Crippen LogP contribution in [0.2, 0.25) is 10.0 Å². The highest BCUT2D eigenvalue weighted by atomic mass is 35.5. The van der Waals surface area contributed by atoms with Crippen LogP contribution in [0, 0.1) is 0 Å². The number of nitrogens with two attached hydrogens (primary N) is 1. The Hall–Kier alpha value is -0.370. The van der Waals surface area contributed by atoms with Crippen LogP contribution in [0.25, 0.3) is 0 Å². The van der Waals surface area contributed by atoms with Crippen molar-refractivity contribution in [1.82, 2.24) is 4.98 Å². The van der Waals surface area contributed by atoms with E-state index < -0.39 is 33.7 Å². The Morgan fingerprint density at radius 1 is 1.06 bits per heavy atom. The van der Waals surface area contributed by atoms with Gasteiger partial charge in [0.2, 0.25) is 0 Å². The minimum atomic E-state index is -5.79. The lowest BCUT2D eigenvalue weighted by Crippen LogP contribution is -2.46. The second-order valence-electron chi connectivity index (χ2n) is 3.12. The molecule has 1 atom stereocenters. The Kier molecular flexibility index (Phi) is 5.61. The Morgan fingerprint density at radius 3 is 1.78 bits per heavy atom. The second-order valence-corrected chi connectivity index (χ2v) is 3.93. The summed E-state index contributed by atoms with van der Waals surface area (Å²) in [7, 11) is 0. The predicted octanol–water partition coefficient (Wildman–Crippen LogP) is 4.01. The zero-order valence-electron chi connectivity index (χ0n) is 8.31. The summed E-state index contributed by atoms with van der Waals surface area (Å²) in [5, 5.41) is -0.900. The van der Waals surface area contributed by atoms with Crippen molar-refractivity contribution in [2.24, 2.45) is 5.73 Å². The molecular formula is C8H6Cl3F5N2. The van der Waals surface area contributed by atoms with Crippen LogP contribution in [0.3, 0.4) is 0 Å². The fourth-order valence-corrected chi connectivity index (χ4v) is 1.68. The van der Waals surface area contributed by atoms with Crippen LogP contribution < -0.4 is 5.73 Å². The molecular weight excluding hydrogens is 325 g/mol. The normalized spacial score (nSPS) is 14.0. The number of rotatable bonds is 2. The van der Waals surface area contributed by atoms with Gasteiger partial charge < -0.3 is 5.73 Å². The average Bonchev–Trinajstić information content (AvgIpc) is 2.15. The SMILES string of the molecule is Cl.N[C@@H](c1c(Cl)cncc1Cl)C(F)(F)C(F)(F)F. The summed E-state index contributed by atoms with van der Waals surface area (Å²) in [6, 6.07) is -2.69. The number of alkyl halides is 5. The Morgan fingerprint density at radius 2 is 1.44 bits per heavy atom. The van der Waals surface area contributed by atoms with Gasteiger partial charge in [-0.05, 0) is 0 Å². The third-order valence-corrected chi connectivity index (χ3v) is 2.57. The van der Waals surface area contributed by atoms with Crippen molar-refractivity contribution in [3.05, 3.63) is 28.0 Å². The van der Waals surface area contributed by atoms with Crippen molar-refractivity contribution in [3.8, 4) is 0 Å². The first-order chi connectivity index (χ1) is 7.59. The molecule has 0 radical (unpaired) electrons. The van der Waals surface area contributed by atoms with Gasteiger partial charge in [-0.15, -0.1) is 12.4 Å². The van der Waals surface area contributed by atoms with Gasteiger partial charge in [-0.1, -0.05) is 23.2 Å². The number of aromatic nitrogens is 1. The maximum Gasteiger partial charge on any atom is 0.455 e. The Labute approximate surface area is 115 Å². The molecule has 104 valence electrons. The Bertz CT molecular complexity index is 403. The largest absolute Gasteiger partial charge is 0.455 e. The maximum atomic E-state index is 13.0. The van der Waals surface area contributed by atoms with Crippen molar-refractivity contribution in [3.63, 3.8) is 0 Å². The molecule has 18 heavy (non-hydrogen) atoms. The molecule has 2 nitrogen and oxygen atoms in total. The van der Waals surface area contributed by atoms with E-state index >= 15 is 0 Å². The number of hydrogen-bond donors (Lipinski definition) is 1. The van der Waals surface area contributed by atoms with Gasteiger partial charge in [0.1, 0.15) is 6.04 Å². The first kappa shape index (κ1) is 17.6. The monoisotopic (exact) mass is 330 g/mol. The van der Waals surface area contributed by atoms with Gasteiger partial charge in [-0.25, -0.2) is 0 Å². The molecule has 1 rings (SSSR count). The van der Waals surface area contributed by atoms with Gasteiger partial charge >= 0.3 is 12.1 Å². The average molecular weight is 331 g/mol. The lowest BCUT2D eigenvalue weighted by Gasteiger charge is -2.26. The zero-order chi connectivity index (χ0) is 13.4. The maximum absolute atomic E-state index is 13.0. The number of hydrogen-bond acceptors (Lipinski definition) is 2. The van der Waals surface area contributed by atoms with E-state index in [1.807, 2.05) is 0 Å². The van der Waals surface area contributed by atoms with Gasteiger partial charge in [0, 0.05) is 18.0 Å². The predicted molar refractivity (Wildman–Crippen MR) is 59.4 cm³/mol. The first-order valence-corrected chi connectivity index (χ1v) is 4.83. The minimum absolute atomic E-state index is 0. The molecule has 0 amide bonds. The number of pyridine rings is 1. The molecule has 0 unspecified atom stereocenters. The molecule has 0 aliphatic carbocycles. The summed E-state index contributed by atoms with van der Waals surface area (Å²) in [5.41, 5.74) is 4.20. The summed E-state index contributed by atoms with van der Waals surface area (Å²) in [6.45, 7) is 0. The molecule has 0 aliphatic heterocycles. The van der Waals surface area contributed by atoms with Crippen molar-refractivity contribution in [1.29, 1.82) is 0 Å². The van der Waals surface area contributed by atoms with Crippen LogP contribution in [-0.2, 0) is 0 Å². The van der Waals surface area contributed by atoms with Crippen molar-refractivity contribution in [2.45, 2.75) is 18.1 Å². The van der Waals surface area contributed by atoms with Gasteiger partial charge in [-0.2, -0.15) is 22.0 Å². The van der Waals surface area contributed by atoms with Crippen LogP contribution in [0.1, 0.15) is 11.6 Å². The number of nitrogens with zero attached hydrogens (tertiary/aromatic N) is 1. The molecule has 0 aromatic carbocycles. The van der Waals surface area contributed by atoms with Crippen molar-refractivity contribution < 1.29 is 22.0 Å². The molecule has 10 heteroatoms. The Balaban J connectivity index is 0.00000289. The summed E-state index contributed by atoms with van der Waals surface area (Å²) in [5.74, 6) is -5.14. The van der Waals surface area contributed by atoms with Crippen LogP contribution in [-0.4, -0.2) is 17.1 Å². The van der Waals surface area contributed by atoms with Crippen molar-refractivity contribution in [2.75, 3.05) is 0 Å². The zero-order valence-corrected chi connectivity index (χ0v) is 10.6. The summed E-state index contributed by atoms with van der Waals surface area (Å²) >= 11 is 10.9. The van der Waals surface area contributed by atoms with Gasteiger partial charge in [0.05, 0.1) is 10.0 Å². The molecule has 1 heterocycles.